The standard InChI is InChI=1S/C12H18N2/c1-2-10-9-14-8-5-11(10)12(13)6-3-4-7-12/h5,8-9H,2-4,6-7,13H2,1H3. The van der Waals surface area contributed by atoms with E-state index in [-0.39, 0.29) is 5.54 Å². The molecule has 76 valence electrons. The van der Waals surface area contributed by atoms with Crippen LogP contribution in [0.2, 0.25) is 0 Å². The van der Waals surface area contributed by atoms with Crippen molar-refractivity contribution < 1.29 is 0 Å². The van der Waals surface area contributed by atoms with Crippen molar-refractivity contribution >= 4 is 0 Å². The predicted molar refractivity (Wildman–Crippen MR) is 57.9 cm³/mol. The van der Waals surface area contributed by atoms with Crippen LogP contribution in [-0.4, -0.2) is 4.98 Å². The summed E-state index contributed by atoms with van der Waals surface area (Å²) in [5, 5.41) is 0. The quantitative estimate of drug-likeness (QED) is 0.777. The van der Waals surface area contributed by atoms with Gasteiger partial charge in [0.2, 0.25) is 0 Å². The Morgan fingerprint density at radius 1 is 1.43 bits per heavy atom. The molecule has 1 heterocycles. The maximum absolute atomic E-state index is 6.43. The summed E-state index contributed by atoms with van der Waals surface area (Å²) in [6.45, 7) is 2.17. The van der Waals surface area contributed by atoms with Gasteiger partial charge in [0.05, 0.1) is 0 Å². The van der Waals surface area contributed by atoms with Crippen LogP contribution in [0.25, 0.3) is 0 Å². The molecule has 1 aliphatic carbocycles. The summed E-state index contributed by atoms with van der Waals surface area (Å²) in [7, 11) is 0. The highest BCUT2D eigenvalue weighted by molar-refractivity contribution is 5.31. The number of nitrogens with zero attached hydrogens (tertiary/aromatic N) is 1. The smallest absolute Gasteiger partial charge is 0.0413 e. The van der Waals surface area contributed by atoms with Gasteiger partial charge in [-0.25, -0.2) is 0 Å². The Bertz CT molecular complexity index is 314. The molecule has 0 radical (unpaired) electrons. The normalized spacial score (nSPS) is 19.9. The van der Waals surface area contributed by atoms with Gasteiger partial charge in [0, 0.05) is 17.9 Å². The van der Waals surface area contributed by atoms with E-state index in [2.05, 4.69) is 18.0 Å². The zero-order valence-electron chi connectivity index (χ0n) is 8.79. The zero-order chi connectivity index (χ0) is 10.0. The van der Waals surface area contributed by atoms with E-state index in [0.717, 1.165) is 19.3 Å². The molecule has 1 saturated carbocycles. The minimum atomic E-state index is -0.0612. The third-order valence-electron chi connectivity index (χ3n) is 3.32. The molecule has 0 aliphatic heterocycles. The summed E-state index contributed by atoms with van der Waals surface area (Å²) in [5.74, 6) is 0. The molecular weight excluding hydrogens is 172 g/mol. The van der Waals surface area contributed by atoms with Gasteiger partial charge in [0.1, 0.15) is 0 Å². The summed E-state index contributed by atoms with van der Waals surface area (Å²) < 4.78 is 0. The number of pyridine rings is 1. The summed E-state index contributed by atoms with van der Waals surface area (Å²) in [6.07, 6.45) is 9.64. The molecule has 0 amide bonds. The van der Waals surface area contributed by atoms with Crippen molar-refractivity contribution in [3.8, 4) is 0 Å². The molecule has 14 heavy (non-hydrogen) atoms. The van der Waals surface area contributed by atoms with Crippen LogP contribution in [0, 0.1) is 0 Å². The second-order valence-electron chi connectivity index (χ2n) is 4.25. The lowest BCUT2D eigenvalue weighted by Gasteiger charge is -2.26. The maximum atomic E-state index is 6.43. The van der Waals surface area contributed by atoms with Crippen LogP contribution in [0.4, 0.5) is 0 Å². The van der Waals surface area contributed by atoms with E-state index in [1.807, 2.05) is 12.4 Å². The van der Waals surface area contributed by atoms with Gasteiger partial charge in [-0.15, -0.1) is 0 Å². The molecule has 2 N–H and O–H groups in total. The summed E-state index contributed by atoms with van der Waals surface area (Å²) in [5.41, 5.74) is 9.01. The van der Waals surface area contributed by atoms with Gasteiger partial charge in [-0.2, -0.15) is 0 Å². The molecule has 2 nitrogen and oxygen atoms in total. The number of aryl methyl sites for hydroxylation is 1. The Morgan fingerprint density at radius 3 is 2.79 bits per heavy atom. The van der Waals surface area contributed by atoms with Crippen molar-refractivity contribution in [3.05, 3.63) is 29.6 Å². The monoisotopic (exact) mass is 190 g/mol. The molecule has 0 spiro atoms. The van der Waals surface area contributed by atoms with Gasteiger partial charge in [-0.05, 0) is 36.5 Å². The Morgan fingerprint density at radius 2 is 2.14 bits per heavy atom. The minimum absolute atomic E-state index is 0.0612. The number of rotatable bonds is 2. The number of hydrogen-bond acceptors (Lipinski definition) is 2. The Kier molecular flexibility index (Phi) is 2.55. The lowest BCUT2D eigenvalue weighted by molar-refractivity contribution is 0.457. The van der Waals surface area contributed by atoms with Crippen LogP contribution >= 0.6 is 0 Å². The van der Waals surface area contributed by atoms with Crippen molar-refractivity contribution in [2.45, 2.75) is 44.6 Å². The van der Waals surface area contributed by atoms with Gasteiger partial charge in [0.25, 0.3) is 0 Å². The van der Waals surface area contributed by atoms with Crippen molar-refractivity contribution in [2.75, 3.05) is 0 Å². The van der Waals surface area contributed by atoms with Gasteiger partial charge >= 0.3 is 0 Å². The highest BCUT2D eigenvalue weighted by Crippen LogP contribution is 2.37. The van der Waals surface area contributed by atoms with Crippen LogP contribution < -0.4 is 5.73 Å². The highest BCUT2D eigenvalue weighted by Gasteiger charge is 2.32. The van der Waals surface area contributed by atoms with E-state index in [4.69, 9.17) is 5.73 Å². The molecule has 1 aromatic rings. The molecule has 0 saturated heterocycles. The first-order valence-corrected chi connectivity index (χ1v) is 5.48. The van der Waals surface area contributed by atoms with Crippen molar-refractivity contribution in [1.29, 1.82) is 0 Å². The molecule has 0 atom stereocenters. The van der Waals surface area contributed by atoms with Crippen LogP contribution in [0.3, 0.4) is 0 Å². The molecule has 2 heteroatoms. The largest absolute Gasteiger partial charge is 0.321 e. The molecule has 1 fully saturated rings. The molecule has 0 unspecified atom stereocenters. The van der Waals surface area contributed by atoms with E-state index in [1.54, 1.807) is 0 Å². The molecular formula is C12H18N2. The van der Waals surface area contributed by atoms with Gasteiger partial charge < -0.3 is 5.73 Å². The lowest BCUT2D eigenvalue weighted by atomic mass is 9.86. The second-order valence-corrected chi connectivity index (χ2v) is 4.25. The first-order chi connectivity index (χ1) is 6.76. The van der Waals surface area contributed by atoms with E-state index in [9.17, 15) is 0 Å². The number of aromatic nitrogens is 1. The average molecular weight is 190 g/mol. The van der Waals surface area contributed by atoms with Crippen LogP contribution in [0.1, 0.15) is 43.7 Å². The van der Waals surface area contributed by atoms with E-state index >= 15 is 0 Å². The van der Waals surface area contributed by atoms with Crippen molar-refractivity contribution in [3.63, 3.8) is 0 Å². The molecule has 0 bridgehead atoms. The first kappa shape index (κ1) is 9.66. The van der Waals surface area contributed by atoms with Crippen LogP contribution in [0.5, 0.6) is 0 Å². The van der Waals surface area contributed by atoms with Gasteiger partial charge in [-0.1, -0.05) is 19.8 Å². The van der Waals surface area contributed by atoms with Crippen LogP contribution in [0.15, 0.2) is 18.5 Å². The van der Waals surface area contributed by atoms with Gasteiger partial charge in [-0.3, -0.25) is 4.98 Å². The fourth-order valence-corrected chi connectivity index (χ4v) is 2.47. The van der Waals surface area contributed by atoms with Crippen molar-refractivity contribution in [2.24, 2.45) is 5.73 Å². The summed E-state index contributed by atoms with van der Waals surface area (Å²) in [4.78, 5) is 4.16. The third kappa shape index (κ3) is 1.55. The fourth-order valence-electron chi connectivity index (χ4n) is 2.47. The SMILES string of the molecule is CCc1cnccc1C1(N)CCCC1. The average Bonchev–Trinajstić information content (AvgIpc) is 2.66. The minimum Gasteiger partial charge on any atom is -0.321 e. The van der Waals surface area contributed by atoms with Crippen molar-refractivity contribution in [1.82, 2.24) is 4.98 Å². The maximum Gasteiger partial charge on any atom is 0.0413 e. The van der Waals surface area contributed by atoms with E-state index < -0.39 is 0 Å². The topological polar surface area (TPSA) is 38.9 Å². The first-order valence-electron chi connectivity index (χ1n) is 5.48. The van der Waals surface area contributed by atoms with E-state index in [1.165, 1.54) is 24.0 Å². The van der Waals surface area contributed by atoms with E-state index in [0.29, 0.717) is 0 Å². The number of nitrogens with two attached hydrogens (primary N) is 1. The molecule has 2 rings (SSSR count). The van der Waals surface area contributed by atoms with Gasteiger partial charge in [0.15, 0.2) is 0 Å². The predicted octanol–water partition coefficient (Wildman–Crippen LogP) is 2.37. The second kappa shape index (κ2) is 3.70. The molecule has 1 aliphatic rings. The zero-order valence-corrected chi connectivity index (χ0v) is 8.79. The molecule has 0 aromatic carbocycles. The summed E-state index contributed by atoms with van der Waals surface area (Å²) >= 11 is 0. The summed E-state index contributed by atoms with van der Waals surface area (Å²) in [6, 6.07) is 2.10. The fraction of sp³-hybridized carbons (Fsp3) is 0.583. The molecule has 1 aromatic heterocycles. The third-order valence-corrected chi connectivity index (χ3v) is 3.32. The number of hydrogen-bond donors (Lipinski definition) is 1. The Labute approximate surface area is 85.5 Å². The lowest BCUT2D eigenvalue weighted by Crippen LogP contribution is -2.34. The Hall–Kier alpha value is -0.890. The highest BCUT2D eigenvalue weighted by atomic mass is 14.8. The van der Waals surface area contributed by atoms with Crippen LogP contribution in [-0.2, 0) is 12.0 Å². The Balaban J connectivity index is 2.39.